The van der Waals surface area contributed by atoms with E-state index in [1.165, 1.54) is 33.6 Å². The number of benzene rings is 5. The van der Waals surface area contributed by atoms with Gasteiger partial charge >= 0.3 is 0 Å². The fraction of sp³-hybridized carbons (Fsp3) is 0.321. The van der Waals surface area contributed by atoms with Crippen LogP contribution in [0.5, 0.6) is 11.5 Å². The summed E-state index contributed by atoms with van der Waals surface area (Å²) in [6.07, 6.45) is 1.88. The number of nitriles is 1. The molecule has 7 aromatic rings. The maximum atomic E-state index is 10.6. The van der Waals surface area contributed by atoms with Crippen molar-refractivity contribution in [3.05, 3.63) is 143 Å². The van der Waals surface area contributed by atoms with Crippen LogP contribution in [0.3, 0.4) is 0 Å². The van der Waals surface area contributed by atoms with Crippen LogP contribution in [0.1, 0.15) is 111 Å². The van der Waals surface area contributed by atoms with E-state index in [0.717, 1.165) is 39.0 Å². The summed E-state index contributed by atoms with van der Waals surface area (Å²) in [7, 11) is 0. The van der Waals surface area contributed by atoms with Gasteiger partial charge in [0, 0.05) is 40.5 Å². The number of rotatable bonds is 5. The molecule has 0 bridgehead atoms. The second kappa shape index (κ2) is 14.1. The average Bonchev–Trinajstić information content (AvgIpc) is 3.72. The van der Waals surface area contributed by atoms with Crippen molar-refractivity contribution in [3.63, 3.8) is 0 Å². The van der Waals surface area contributed by atoms with Crippen molar-refractivity contribution in [1.29, 1.82) is 5.26 Å². The van der Waals surface area contributed by atoms with Crippen LogP contribution in [0.25, 0.3) is 27.6 Å². The molecule has 8 rings (SSSR count). The van der Waals surface area contributed by atoms with E-state index in [-0.39, 0.29) is 21.7 Å². The molecule has 6 heteroatoms. The van der Waals surface area contributed by atoms with Gasteiger partial charge in [-0.1, -0.05) is 119 Å². The lowest BCUT2D eigenvalue weighted by molar-refractivity contribution is 0.483. The molecule has 0 amide bonds. The van der Waals surface area contributed by atoms with Crippen LogP contribution in [0.15, 0.2) is 115 Å². The molecule has 0 saturated carbocycles. The van der Waals surface area contributed by atoms with Crippen LogP contribution >= 0.6 is 0 Å². The molecule has 0 N–H and O–H groups in total. The summed E-state index contributed by atoms with van der Waals surface area (Å²) in [4.78, 5) is 9.70. The molecule has 0 radical (unpaired) electrons. The van der Waals surface area contributed by atoms with Gasteiger partial charge in [0.05, 0.1) is 34.0 Å². The number of fused-ring (bicyclic) bond motifs is 4. The van der Waals surface area contributed by atoms with Crippen molar-refractivity contribution in [2.24, 2.45) is 0 Å². The van der Waals surface area contributed by atoms with Crippen LogP contribution in [0, 0.1) is 11.3 Å². The summed E-state index contributed by atoms with van der Waals surface area (Å²) in [5, 5.41) is 12.5. The first kappa shape index (κ1) is 39.8. The van der Waals surface area contributed by atoms with Crippen LogP contribution in [0.2, 0.25) is 0 Å². The van der Waals surface area contributed by atoms with Crippen molar-refractivity contribution in [2.45, 2.75) is 105 Å². The molecule has 0 spiro atoms. The van der Waals surface area contributed by atoms with E-state index in [2.05, 4.69) is 182 Å². The number of ether oxygens (including phenoxy) is 1. The first-order chi connectivity index (χ1) is 27.7. The third-order valence-corrected chi connectivity index (χ3v) is 11.7. The second-order valence-electron chi connectivity index (χ2n) is 20.3. The monoisotopic (exact) mass is 779 g/mol. The predicted molar refractivity (Wildman–Crippen MR) is 247 cm³/mol. The number of anilines is 4. The van der Waals surface area contributed by atoms with Crippen molar-refractivity contribution in [3.8, 4) is 23.4 Å². The fourth-order valence-corrected chi connectivity index (χ4v) is 8.12. The highest BCUT2D eigenvalue weighted by atomic mass is 16.5. The average molecular weight is 780 g/mol. The summed E-state index contributed by atoms with van der Waals surface area (Å²) in [5.74, 6) is 2.09. The van der Waals surface area contributed by atoms with E-state index < -0.39 is 0 Å². The zero-order valence-corrected chi connectivity index (χ0v) is 36.8. The van der Waals surface area contributed by atoms with Crippen molar-refractivity contribution in [1.82, 2.24) is 9.55 Å². The Hall–Kier alpha value is -6.06. The number of para-hydroxylation sites is 1. The lowest BCUT2D eigenvalue weighted by Crippen LogP contribution is -2.25. The molecule has 2 aromatic heterocycles. The summed E-state index contributed by atoms with van der Waals surface area (Å²) in [6.45, 7) is 27.8. The molecule has 1 aliphatic rings. The number of hydrogen-bond donors (Lipinski definition) is 0. The van der Waals surface area contributed by atoms with Gasteiger partial charge in [-0.15, -0.1) is 0 Å². The Balaban J connectivity index is 1.22. The van der Waals surface area contributed by atoms with Gasteiger partial charge in [-0.05, 0) is 105 Å². The topological polar surface area (TPSA) is 57.3 Å². The molecule has 6 nitrogen and oxygen atoms in total. The fourth-order valence-electron chi connectivity index (χ4n) is 8.12. The highest BCUT2D eigenvalue weighted by molar-refractivity contribution is 6.12. The van der Waals surface area contributed by atoms with Gasteiger partial charge in [0.1, 0.15) is 24.0 Å². The maximum Gasteiger partial charge on any atom is 0.137 e. The van der Waals surface area contributed by atoms with Crippen LogP contribution in [-0.2, 0) is 21.7 Å². The second-order valence-corrected chi connectivity index (χ2v) is 20.3. The standard InChI is InChI=1S/C53H57N5O/c1-50(2,3)35-20-21-45-46(28-35)56(33-57(45)40-26-37(52(7,8)9)25-38(27-40)53(10,11)12)39-16-15-17-41(30-39)59-42-24-34(32-54)49-43-18-13-14-19-44(43)58(47(49)31-42)48-29-36(22-23-55-48)51(4,5)6/h13-31H,33H2,1-12H3. The molecule has 0 unspecified atom stereocenters. The number of pyridine rings is 1. The molecular weight excluding hydrogens is 723 g/mol. The molecule has 0 aliphatic carbocycles. The zero-order chi connectivity index (χ0) is 42.2. The van der Waals surface area contributed by atoms with Crippen LogP contribution < -0.4 is 14.5 Å². The molecule has 59 heavy (non-hydrogen) atoms. The molecular formula is C53H57N5O. The van der Waals surface area contributed by atoms with Gasteiger partial charge < -0.3 is 14.5 Å². The number of hydrogen-bond acceptors (Lipinski definition) is 5. The Kier molecular flexibility index (Phi) is 9.47. The maximum absolute atomic E-state index is 10.6. The summed E-state index contributed by atoms with van der Waals surface area (Å²) in [6, 6.07) is 41.2. The first-order valence-electron chi connectivity index (χ1n) is 20.8. The Morgan fingerprint density at radius 3 is 1.85 bits per heavy atom. The Labute approximate surface area is 350 Å². The van der Waals surface area contributed by atoms with Gasteiger partial charge in [-0.25, -0.2) is 4.98 Å². The third-order valence-electron chi connectivity index (χ3n) is 11.7. The number of aromatic nitrogens is 2. The van der Waals surface area contributed by atoms with E-state index in [9.17, 15) is 5.26 Å². The van der Waals surface area contributed by atoms with E-state index in [1.807, 2.05) is 36.5 Å². The first-order valence-corrected chi connectivity index (χ1v) is 20.8. The molecule has 1 aliphatic heterocycles. The summed E-state index contributed by atoms with van der Waals surface area (Å²) >= 11 is 0. The quantitative estimate of drug-likeness (QED) is 0.174. The van der Waals surface area contributed by atoms with Crippen molar-refractivity contribution in [2.75, 3.05) is 16.5 Å². The third kappa shape index (κ3) is 7.44. The minimum Gasteiger partial charge on any atom is -0.457 e. The lowest BCUT2D eigenvalue weighted by atomic mass is 9.80. The van der Waals surface area contributed by atoms with Gasteiger partial charge in [0.15, 0.2) is 0 Å². The van der Waals surface area contributed by atoms with Gasteiger partial charge in [-0.3, -0.25) is 4.57 Å². The van der Waals surface area contributed by atoms with Crippen LogP contribution in [0.4, 0.5) is 22.7 Å². The largest absolute Gasteiger partial charge is 0.457 e. The highest BCUT2D eigenvalue weighted by Gasteiger charge is 2.32. The summed E-state index contributed by atoms with van der Waals surface area (Å²) < 4.78 is 8.91. The Bertz CT molecular complexity index is 2760. The predicted octanol–water partition coefficient (Wildman–Crippen LogP) is 14.3. The Morgan fingerprint density at radius 1 is 0.542 bits per heavy atom. The van der Waals surface area contributed by atoms with Gasteiger partial charge in [0.25, 0.3) is 0 Å². The molecule has 0 fully saturated rings. The molecule has 300 valence electrons. The zero-order valence-electron chi connectivity index (χ0n) is 36.8. The normalized spacial score (nSPS) is 13.6. The Morgan fingerprint density at radius 2 is 1.19 bits per heavy atom. The minimum absolute atomic E-state index is 0.00419. The van der Waals surface area contributed by atoms with Crippen molar-refractivity contribution < 1.29 is 4.74 Å². The van der Waals surface area contributed by atoms with Gasteiger partial charge in [0.2, 0.25) is 0 Å². The van der Waals surface area contributed by atoms with Crippen molar-refractivity contribution >= 4 is 44.6 Å². The highest BCUT2D eigenvalue weighted by Crippen LogP contribution is 2.48. The molecule has 0 saturated heterocycles. The lowest BCUT2D eigenvalue weighted by Gasteiger charge is -2.29. The minimum atomic E-state index is -0.0550. The number of nitrogens with zero attached hydrogens (tertiary/aromatic N) is 5. The SMILES string of the molecule is CC(C)(C)c1cc(N2CN(c3cccc(Oc4cc(C#N)c5c6ccccc6n(-c6cc(C(C)(C)C)ccn6)c5c4)c3)c3cc(C(C)(C)C)ccc32)cc(C(C)(C)C)c1. The van der Waals surface area contributed by atoms with Crippen LogP contribution in [-0.4, -0.2) is 16.2 Å². The van der Waals surface area contributed by atoms with E-state index in [0.29, 0.717) is 23.7 Å². The van der Waals surface area contributed by atoms with E-state index >= 15 is 0 Å². The summed E-state index contributed by atoms with van der Waals surface area (Å²) in [5.41, 5.74) is 12.0. The van der Waals surface area contributed by atoms with E-state index in [4.69, 9.17) is 9.72 Å². The molecule has 5 aromatic carbocycles. The van der Waals surface area contributed by atoms with E-state index in [1.54, 1.807) is 0 Å². The molecule has 0 atom stereocenters. The van der Waals surface area contributed by atoms with Gasteiger partial charge in [-0.2, -0.15) is 5.26 Å². The molecule has 3 heterocycles. The smallest absolute Gasteiger partial charge is 0.137 e.